The minimum absolute atomic E-state index is 0.0247. The van der Waals surface area contributed by atoms with E-state index in [9.17, 15) is 9.18 Å². The van der Waals surface area contributed by atoms with Gasteiger partial charge in [0.25, 0.3) is 0 Å². The molecule has 0 bridgehead atoms. The van der Waals surface area contributed by atoms with Gasteiger partial charge in [-0.05, 0) is 29.3 Å². The summed E-state index contributed by atoms with van der Waals surface area (Å²) in [5.41, 5.74) is 2.14. The van der Waals surface area contributed by atoms with Crippen LogP contribution in [-0.2, 0) is 4.79 Å². The Hall–Kier alpha value is -1.96. The van der Waals surface area contributed by atoms with Crippen LogP contribution in [-0.4, -0.2) is 6.29 Å². The number of hydrogen-bond donors (Lipinski definition) is 0. The van der Waals surface area contributed by atoms with Crippen LogP contribution in [0.3, 0.4) is 0 Å². The summed E-state index contributed by atoms with van der Waals surface area (Å²) < 4.78 is 13.2. The maximum Gasteiger partial charge on any atom is 0.233 e. The van der Waals surface area contributed by atoms with Crippen molar-refractivity contribution in [3.8, 4) is 0 Å². The Labute approximate surface area is 99.9 Å². The summed E-state index contributed by atoms with van der Waals surface area (Å²) in [5, 5.41) is 0. The first-order valence-corrected chi connectivity index (χ1v) is 5.45. The Bertz CT molecular complexity index is 520. The van der Waals surface area contributed by atoms with Crippen LogP contribution in [0.4, 0.5) is 4.39 Å². The number of benzene rings is 2. The molecule has 1 nitrogen and oxygen atoms in total. The number of rotatable bonds is 3. The molecule has 1 atom stereocenters. The van der Waals surface area contributed by atoms with E-state index in [1.807, 2.05) is 43.5 Å². The van der Waals surface area contributed by atoms with Crippen LogP contribution in [0.2, 0.25) is 0 Å². The van der Waals surface area contributed by atoms with E-state index in [4.69, 9.17) is 0 Å². The third-order valence-electron chi connectivity index (χ3n) is 2.89. The first-order chi connectivity index (χ1) is 8.22. The number of hydrogen-bond acceptors (Lipinski definition) is 1. The van der Waals surface area contributed by atoms with Gasteiger partial charge in [0, 0.05) is 11.5 Å². The topological polar surface area (TPSA) is 17.1 Å². The molecule has 0 saturated carbocycles. The molecule has 1 unspecified atom stereocenters. The molecule has 0 saturated heterocycles. The minimum atomic E-state index is -0.332. The summed E-state index contributed by atoms with van der Waals surface area (Å²) >= 11 is 0. The highest BCUT2D eigenvalue weighted by molar-refractivity contribution is 5.78. The molecule has 2 aromatic carbocycles. The zero-order valence-corrected chi connectivity index (χ0v) is 9.48. The van der Waals surface area contributed by atoms with Gasteiger partial charge in [-0.3, -0.25) is 4.79 Å². The number of carbonyl (C=O) groups excluding carboxylic acids is 1. The lowest BCUT2D eigenvalue weighted by molar-refractivity contribution is 0.561. The zero-order valence-electron chi connectivity index (χ0n) is 9.48. The highest BCUT2D eigenvalue weighted by Crippen LogP contribution is 2.26. The standard InChI is InChI=1S/C15H12FO/c1-11(12-5-3-2-4-6-12)15-9-14(16)8-7-13(15)10-17/h2-9,11H,1H3. The first-order valence-electron chi connectivity index (χ1n) is 5.45. The van der Waals surface area contributed by atoms with E-state index >= 15 is 0 Å². The average molecular weight is 227 g/mol. The van der Waals surface area contributed by atoms with E-state index in [0.29, 0.717) is 11.1 Å². The van der Waals surface area contributed by atoms with Gasteiger partial charge in [0.2, 0.25) is 6.29 Å². The minimum Gasteiger partial charge on any atom is -0.285 e. The second-order valence-electron chi connectivity index (χ2n) is 3.97. The molecule has 0 aromatic heterocycles. The van der Waals surface area contributed by atoms with Crippen LogP contribution in [0.5, 0.6) is 0 Å². The van der Waals surface area contributed by atoms with Crippen molar-refractivity contribution in [3.63, 3.8) is 0 Å². The fraction of sp³-hybridized carbons (Fsp3) is 0.133. The Balaban J connectivity index is 2.46. The fourth-order valence-corrected chi connectivity index (χ4v) is 1.91. The van der Waals surface area contributed by atoms with Crippen LogP contribution in [0.15, 0.2) is 48.5 Å². The molecular weight excluding hydrogens is 215 g/mol. The van der Waals surface area contributed by atoms with Gasteiger partial charge in [0.15, 0.2) is 0 Å². The quantitative estimate of drug-likeness (QED) is 0.785. The van der Waals surface area contributed by atoms with Gasteiger partial charge < -0.3 is 0 Å². The van der Waals surface area contributed by atoms with E-state index in [2.05, 4.69) is 0 Å². The van der Waals surface area contributed by atoms with Crippen molar-refractivity contribution in [2.75, 3.05) is 0 Å². The van der Waals surface area contributed by atoms with Crippen molar-refractivity contribution in [2.24, 2.45) is 0 Å². The van der Waals surface area contributed by atoms with Crippen molar-refractivity contribution in [2.45, 2.75) is 12.8 Å². The summed E-state index contributed by atoms with van der Waals surface area (Å²) in [6, 6.07) is 13.9. The van der Waals surface area contributed by atoms with E-state index in [1.54, 1.807) is 0 Å². The van der Waals surface area contributed by atoms with Crippen molar-refractivity contribution in [1.82, 2.24) is 0 Å². The van der Waals surface area contributed by atoms with Crippen molar-refractivity contribution >= 4 is 6.29 Å². The lowest BCUT2D eigenvalue weighted by Crippen LogP contribution is -2.01. The molecule has 0 aliphatic carbocycles. The molecular formula is C15H12FO. The Kier molecular flexibility index (Phi) is 3.33. The van der Waals surface area contributed by atoms with Gasteiger partial charge in [-0.15, -0.1) is 0 Å². The maximum absolute atomic E-state index is 13.2. The highest BCUT2D eigenvalue weighted by Gasteiger charge is 2.13. The third-order valence-corrected chi connectivity index (χ3v) is 2.89. The molecule has 2 rings (SSSR count). The SMILES string of the molecule is CC(c1ccccc1)c1cc(F)ccc1[C]=O. The zero-order chi connectivity index (χ0) is 12.3. The van der Waals surface area contributed by atoms with E-state index < -0.39 is 0 Å². The Morgan fingerprint density at radius 2 is 1.82 bits per heavy atom. The maximum atomic E-state index is 13.2. The molecule has 0 spiro atoms. The van der Waals surface area contributed by atoms with Crippen LogP contribution in [0.1, 0.15) is 29.5 Å². The van der Waals surface area contributed by atoms with E-state index in [1.165, 1.54) is 18.2 Å². The predicted octanol–water partition coefficient (Wildman–Crippen LogP) is 3.44. The lowest BCUT2D eigenvalue weighted by atomic mass is 9.90. The summed E-state index contributed by atoms with van der Waals surface area (Å²) in [4.78, 5) is 10.8. The molecule has 17 heavy (non-hydrogen) atoms. The van der Waals surface area contributed by atoms with Crippen molar-refractivity contribution in [3.05, 3.63) is 71.0 Å². The molecule has 0 heterocycles. The molecule has 2 aromatic rings. The molecule has 0 fully saturated rings. The summed E-state index contributed by atoms with van der Waals surface area (Å²) in [5.74, 6) is -0.356. The normalized spacial score (nSPS) is 12.1. The van der Waals surface area contributed by atoms with Crippen LogP contribution in [0, 0.1) is 5.82 Å². The van der Waals surface area contributed by atoms with Gasteiger partial charge in [0.1, 0.15) is 5.82 Å². The first kappa shape index (κ1) is 11.5. The highest BCUT2D eigenvalue weighted by atomic mass is 19.1. The molecule has 1 radical (unpaired) electrons. The molecule has 2 heteroatoms. The summed E-state index contributed by atoms with van der Waals surface area (Å²) in [6.07, 6.45) is 1.86. The second-order valence-corrected chi connectivity index (χ2v) is 3.97. The van der Waals surface area contributed by atoms with E-state index in [-0.39, 0.29) is 11.7 Å². The van der Waals surface area contributed by atoms with Crippen LogP contribution in [0.25, 0.3) is 0 Å². The monoisotopic (exact) mass is 227 g/mol. The van der Waals surface area contributed by atoms with E-state index in [0.717, 1.165) is 5.56 Å². The van der Waals surface area contributed by atoms with Crippen molar-refractivity contribution < 1.29 is 9.18 Å². The molecule has 85 valence electrons. The van der Waals surface area contributed by atoms with Crippen LogP contribution >= 0.6 is 0 Å². The van der Waals surface area contributed by atoms with Gasteiger partial charge in [-0.25, -0.2) is 4.39 Å². The fourth-order valence-electron chi connectivity index (χ4n) is 1.91. The Morgan fingerprint density at radius 1 is 1.12 bits per heavy atom. The Morgan fingerprint density at radius 3 is 2.47 bits per heavy atom. The largest absolute Gasteiger partial charge is 0.285 e. The van der Waals surface area contributed by atoms with Gasteiger partial charge in [0.05, 0.1) is 0 Å². The summed E-state index contributed by atoms with van der Waals surface area (Å²) in [6.45, 7) is 1.95. The summed E-state index contributed by atoms with van der Waals surface area (Å²) in [7, 11) is 0. The average Bonchev–Trinajstić information content (AvgIpc) is 2.39. The van der Waals surface area contributed by atoms with Gasteiger partial charge in [-0.2, -0.15) is 0 Å². The lowest BCUT2D eigenvalue weighted by Gasteiger charge is -2.14. The van der Waals surface area contributed by atoms with Gasteiger partial charge in [-0.1, -0.05) is 37.3 Å². The number of halogens is 1. The van der Waals surface area contributed by atoms with Crippen molar-refractivity contribution in [1.29, 1.82) is 0 Å². The predicted molar refractivity (Wildman–Crippen MR) is 65.2 cm³/mol. The molecule has 0 aliphatic rings. The molecule has 0 aliphatic heterocycles. The molecule has 0 N–H and O–H groups in total. The van der Waals surface area contributed by atoms with Gasteiger partial charge >= 0.3 is 0 Å². The molecule has 0 amide bonds. The van der Waals surface area contributed by atoms with Crippen LogP contribution < -0.4 is 0 Å². The smallest absolute Gasteiger partial charge is 0.233 e. The third kappa shape index (κ3) is 2.41. The second kappa shape index (κ2) is 4.91.